The van der Waals surface area contributed by atoms with E-state index in [2.05, 4.69) is 15.5 Å². The number of nitrogens with one attached hydrogen (secondary N) is 1. The predicted octanol–water partition coefficient (Wildman–Crippen LogP) is 4.52. The molecule has 0 aliphatic rings. The van der Waals surface area contributed by atoms with Crippen molar-refractivity contribution in [3.8, 4) is 5.69 Å². The van der Waals surface area contributed by atoms with Crippen molar-refractivity contribution in [2.24, 2.45) is 0 Å². The highest BCUT2D eigenvalue weighted by atomic mass is 19.1. The highest BCUT2D eigenvalue weighted by Gasteiger charge is 2.10. The van der Waals surface area contributed by atoms with Crippen LogP contribution in [-0.4, -0.2) is 20.9 Å². The molecule has 1 N–H and O–H groups in total. The van der Waals surface area contributed by atoms with E-state index >= 15 is 0 Å². The Kier molecular flexibility index (Phi) is 4.68. The van der Waals surface area contributed by atoms with Crippen LogP contribution in [0.25, 0.3) is 22.8 Å². The average Bonchev–Trinajstić information content (AvgIpc) is 3.10. The molecule has 3 aromatic carbocycles. The fourth-order valence-corrected chi connectivity index (χ4v) is 2.80. The van der Waals surface area contributed by atoms with Gasteiger partial charge in [-0.15, -0.1) is 10.2 Å². The molecule has 0 atom stereocenters. The topological polar surface area (TPSA) is 59.8 Å². The molecule has 0 spiro atoms. The summed E-state index contributed by atoms with van der Waals surface area (Å²) in [6, 6.07) is 19.2. The molecule has 0 fully saturated rings. The number of anilines is 1. The minimum atomic E-state index is -0.315. The zero-order valence-corrected chi connectivity index (χ0v) is 15.1. The van der Waals surface area contributed by atoms with Crippen LogP contribution in [0.15, 0.2) is 72.8 Å². The van der Waals surface area contributed by atoms with Crippen molar-refractivity contribution in [2.45, 2.75) is 6.92 Å². The summed E-state index contributed by atoms with van der Waals surface area (Å²) >= 11 is 0. The molecule has 0 saturated carbocycles. The van der Waals surface area contributed by atoms with E-state index in [1.807, 2.05) is 43.3 Å². The maximum absolute atomic E-state index is 13.1. The molecular formula is C22H17FN4O. The Hall–Kier alpha value is -3.80. The third kappa shape index (κ3) is 3.81. The molecule has 0 aliphatic carbocycles. The lowest BCUT2D eigenvalue weighted by Gasteiger charge is -2.05. The smallest absolute Gasteiger partial charge is 0.248 e. The van der Waals surface area contributed by atoms with Crippen LogP contribution in [0, 0.1) is 12.7 Å². The molecule has 0 unspecified atom stereocenters. The second kappa shape index (κ2) is 7.44. The molecule has 0 saturated heterocycles. The highest BCUT2D eigenvalue weighted by Crippen LogP contribution is 2.22. The highest BCUT2D eigenvalue weighted by molar-refractivity contribution is 6.03. The van der Waals surface area contributed by atoms with Crippen LogP contribution in [0.3, 0.4) is 0 Å². The molecule has 0 bridgehead atoms. The Morgan fingerprint density at radius 2 is 1.68 bits per heavy atom. The van der Waals surface area contributed by atoms with Crippen molar-refractivity contribution < 1.29 is 9.18 Å². The Bertz CT molecular complexity index is 1160. The minimum absolute atomic E-state index is 0.225. The first kappa shape index (κ1) is 17.6. The zero-order chi connectivity index (χ0) is 19.5. The third-order valence-corrected chi connectivity index (χ3v) is 4.27. The third-order valence-electron chi connectivity index (χ3n) is 4.27. The van der Waals surface area contributed by atoms with E-state index < -0.39 is 0 Å². The second-order valence-electron chi connectivity index (χ2n) is 6.35. The average molecular weight is 372 g/mol. The molecule has 1 heterocycles. The first-order valence-electron chi connectivity index (χ1n) is 8.76. The molecule has 4 rings (SSSR count). The number of carbonyl (C=O) groups excluding carboxylic acids is 1. The van der Waals surface area contributed by atoms with Gasteiger partial charge in [-0.1, -0.05) is 30.3 Å². The number of nitrogens with zero attached hydrogens (tertiary/aromatic N) is 3. The van der Waals surface area contributed by atoms with Crippen molar-refractivity contribution in [1.29, 1.82) is 0 Å². The molecule has 6 heteroatoms. The van der Waals surface area contributed by atoms with Gasteiger partial charge in [-0.05, 0) is 60.5 Å². The first-order valence-corrected chi connectivity index (χ1v) is 8.76. The number of hydrogen-bond acceptors (Lipinski definition) is 3. The van der Waals surface area contributed by atoms with Gasteiger partial charge in [0.15, 0.2) is 0 Å². The number of aromatic nitrogens is 3. The Balaban J connectivity index is 1.57. The van der Waals surface area contributed by atoms with E-state index in [1.54, 1.807) is 24.3 Å². The summed E-state index contributed by atoms with van der Waals surface area (Å²) in [5, 5.41) is 11.7. The van der Waals surface area contributed by atoms with Gasteiger partial charge < -0.3 is 5.32 Å². The first-order chi connectivity index (χ1) is 13.6. The second-order valence-corrected chi connectivity index (χ2v) is 6.35. The summed E-state index contributed by atoms with van der Waals surface area (Å²) in [6.45, 7) is 1.90. The molecule has 138 valence electrons. The lowest BCUT2D eigenvalue weighted by atomic mass is 10.1. The van der Waals surface area contributed by atoms with Crippen molar-refractivity contribution in [3.05, 3.63) is 89.8 Å². The number of rotatable bonds is 4. The fraction of sp³-hybridized carbons (Fsp3) is 0.0455. The maximum Gasteiger partial charge on any atom is 0.248 e. The standard InChI is InChI=1S/C22H17FN4O/c1-15-13-20-21(26-27(25-20)18-10-8-17(23)9-11-18)14-19(15)24-22(28)12-7-16-5-3-2-4-6-16/h2-14H,1H3,(H,24,28)/b12-7+. The number of fused-ring (bicyclic) bond motifs is 1. The van der Waals surface area contributed by atoms with E-state index in [0.29, 0.717) is 22.4 Å². The SMILES string of the molecule is Cc1cc2nn(-c3ccc(F)cc3)nc2cc1NC(=O)/C=C/c1ccccc1. The Morgan fingerprint density at radius 1 is 1.00 bits per heavy atom. The van der Waals surface area contributed by atoms with E-state index in [9.17, 15) is 9.18 Å². The normalized spacial score (nSPS) is 11.2. The van der Waals surface area contributed by atoms with Gasteiger partial charge >= 0.3 is 0 Å². The van der Waals surface area contributed by atoms with Gasteiger partial charge in [0.1, 0.15) is 16.9 Å². The molecule has 0 aliphatic heterocycles. The van der Waals surface area contributed by atoms with Crippen LogP contribution in [-0.2, 0) is 4.79 Å². The molecule has 1 amide bonds. The van der Waals surface area contributed by atoms with Crippen LogP contribution < -0.4 is 5.32 Å². The molecule has 0 radical (unpaired) electrons. The van der Waals surface area contributed by atoms with Crippen LogP contribution >= 0.6 is 0 Å². The number of amides is 1. The van der Waals surface area contributed by atoms with Gasteiger partial charge in [0.25, 0.3) is 0 Å². The summed E-state index contributed by atoms with van der Waals surface area (Å²) in [4.78, 5) is 13.7. The van der Waals surface area contributed by atoms with E-state index in [1.165, 1.54) is 23.0 Å². The van der Waals surface area contributed by atoms with Gasteiger partial charge in [-0.3, -0.25) is 4.79 Å². The zero-order valence-electron chi connectivity index (χ0n) is 15.1. The predicted molar refractivity (Wildman–Crippen MR) is 108 cm³/mol. The maximum atomic E-state index is 13.1. The Labute approximate surface area is 161 Å². The number of carbonyl (C=O) groups is 1. The number of hydrogen-bond donors (Lipinski definition) is 1. The van der Waals surface area contributed by atoms with Gasteiger partial charge in [0, 0.05) is 11.8 Å². The van der Waals surface area contributed by atoms with Gasteiger partial charge in [-0.25, -0.2) is 4.39 Å². The number of aryl methyl sites for hydroxylation is 1. The van der Waals surface area contributed by atoms with Crippen molar-refractivity contribution in [3.63, 3.8) is 0 Å². The van der Waals surface area contributed by atoms with Crippen LogP contribution in [0.1, 0.15) is 11.1 Å². The molecule has 28 heavy (non-hydrogen) atoms. The van der Waals surface area contributed by atoms with Crippen molar-refractivity contribution in [1.82, 2.24) is 15.0 Å². The monoisotopic (exact) mass is 372 g/mol. The van der Waals surface area contributed by atoms with E-state index in [4.69, 9.17) is 0 Å². The Morgan fingerprint density at radius 3 is 2.39 bits per heavy atom. The lowest BCUT2D eigenvalue weighted by molar-refractivity contribution is -0.111. The lowest BCUT2D eigenvalue weighted by Crippen LogP contribution is -2.08. The van der Waals surface area contributed by atoms with Crippen molar-refractivity contribution in [2.75, 3.05) is 5.32 Å². The molecule has 1 aromatic heterocycles. The number of halogens is 1. The van der Waals surface area contributed by atoms with E-state index in [-0.39, 0.29) is 11.7 Å². The van der Waals surface area contributed by atoms with Crippen molar-refractivity contribution >= 4 is 28.7 Å². The summed E-state index contributed by atoms with van der Waals surface area (Å²) in [5.74, 6) is -0.540. The molecule has 4 aromatic rings. The summed E-state index contributed by atoms with van der Waals surface area (Å²) < 4.78 is 13.1. The summed E-state index contributed by atoms with van der Waals surface area (Å²) in [5.41, 5.74) is 4.48. The minimum Gasteiger partial charge on any atom is -0.322 e. The largest absolute Gasteiger partial charge is 0.322 e. The van der Waals surface area contributed by atoms with Crippen LogP contribution in [0.2, 0.25) is 0 Å². The van der Waals surface area contributed by atoms with Gasteiger partial charge in [0.2, 0.25) is 5.91 Å². The quantitative estimate of drug-likeness (QED) is 0.536. The van der Waals surface area contributed by atoms with E-state index in [0.717, 1.165) is 11.1 Å². The molecule has 5 nitrogen and oxygen atoms in total. The van der Waals surface area contributed by atoms with Gasteiger partial charge in [-0.2, -0.15) is 4.80 Å². The molecular weight excluding hydrogens is 355 g/mol. The van der Waals surface area contributed by atoms with Crippen LogP contribution in [0.4, 0.5) is 10.1 Å². The van der Waals surface area contributed by atoms with Gasteiger partial charge in [0.05, 0.1) is 5.69 Å². The summed E-state index contributed by atoms with van der Waals surface area (Å²) in [7, 11) is 0. The number of benzene rings is 3. The van der Waals surface area contributed by atoms with Crippen LogP contribution in [0.5, 0.6) is 0 Å². The fourth-order valence-electron chi connectivity index (χ4n) is 2.80. The summed E-state index contributed by atoms with van der Waals surface area (Å²) in [6.07, 6.45) is 3.25.